The number of halogens is 2. The van der Waals surface area contributed by atoms with Crippen molar-refractivity contribution >= 4 is 46.4 Å². The lowest BCUT2D eigenvalue weighted by atomic mass is 10.2. The fourth-order valence-corrected chi connectivity index (χ4v) is 2.86. The normalized spacial score (nSPS) is 11.8. The zero-order chi connectivity index (χ0) is 16.1. The van der Waals surface area contributed by atoms with E-state index in [1.165, 1.54) is 12.1 Å². The predicted octanol–water partition coefficient (Wildman–Crippen LogP) is 4.09. The van der Waals surface area contributed by atoms with E-state index in [9.17, 15) is 9.59 Å². The third-order valence-electron chi connectivity index (χ3n) is 2.83. The summed E-state index contributed by atoms with van der Waals surface area (Å²) < 4.78 is 4.95. The van der Waals surface area contributed by atoms with Crippen LogP contribution in [0.3, 0.4) is 0 Å². The van der Waals surface area contributed by atoms with Gasteiger partial charge in [0, 0.05) is 9.90 Å². The monoisotopic (exact) mass is 357 g/mol. The van der Waals surface area contributed by atoms with E-state index in [1.807, 2.05) is 24.4 Å². The topological polar surface area (TPSA) is 55.4 Å². The Labute approximate surface area is 142 Å². The van der Waals surface area contributed by atoms with Crippen molar-refractivity contribution in [1.82, 2.24) is 5.32 Å². The van der Waals surface area contributed by atoms with Gasteiger partial charge in [0.25, 0.3) is 5.91 Å². The highest BCUT2D eigenvalue weighted by Gasteiger charge is 2.16. The molecule has 4 nitrogen and oxygen atoms in total. The highest BCUT2D eigenvalue weighted by Crippen LogP contribution is 2.21. The van der Waals surface area contributed by atoms with Crippen molar-refractivity contribution in [3.63, 3.8) is 0 Å². The SMILES string of the molecule is C[C@@H](NC(=O)COC(=O)c1cc(Cl)ccc1Cl)c1cccs1. The van der Waals surface area contributed by atoms with E-state index in [-0.39, 0.29) is 29.1 Å². The first-order valence-corrected chi connectivity index (χ1v) is 8.06. The minimum atomic E-state index is -0.688. The summed E-state index contributed by atoms with van der Waals surface area (Å²) in [5.41, 5.74) is 0.133. The number of thiophene rings is 1. The van der Waals surface area contributed by atoms with Gasteiger partial charge in [0.15, 0.2) is 6.61 Å². The van der Waals surface area contributed by atoms with Crippen LogP contribution in [0, 0.1) is 0 Å². The van der Waals surface area contributed by atoms with Crippen LogP contribution < -0.4 is 5.32 Å². The van der Waals surface area contributed by atoms with Crippen molar-refractivity contribution in [2.45, 2.75) is 13.0 Å². The molecular formula is C15H13Cl2NO3S. The number of amides is 1. The molecule has 1 aromatic carbocycles. The summed E-state index contributed by atoms with van der Waals surface area (Å²) in [6.45, 7) is 1.48. The van der Waals surface area contributed by atoms with Crippen LogP contribution in [-0.4, -0.2) is 18.5 Å². The van der Waals surface area contributed by atoms with Crippen LogP contribution in [-0.2, 0) is 9.53 Å². The summed E-state index contributed by atoms with van der Waals surface area (Å²) in [7, 11) is 0. The van der Waals surface area contributed by atoms with Gasteiger partial charge < -0.3 is 10.1 Å². The largest absolute Gasteiger partial charge is 0.452 e. The minimum Gasteiger partial charge on any atom is -0.452 e. The van der Waals surface area contributed by atoms with Crippen LogP contribution >= 0.6 is 34.5 Å². The second kappa shape index (κ2) is 7.63. The molecule has 0 aliphatic carbocycles. The maximum Gasteiger partial charge on any atom is 0.340 e. The molecule has 2 aromatic rings. The average Bonchev–Trinajstić information content (AvgIpc) is 3.01. The van der Waals surface area contributed by atoms with Gasteiger partial charge in [-0.3, -0.25) is 4.79 Å². The van der Waals surface area contributed by atoms with E-state index in [2.05, 4.69) is 5.32 Å². The summed E-state index contributed by atoms with van der Waals surface area (Å²) in [6.07, 6.45) is 0. The van der Waals surface area contributed by atoms with E-state index in [1.54, 1.807) is 17.4 Å². The van der Waals surface area contributed by atoms with Crippen molar-refractivity contribution in [3.8, 4) is 0 Å². The molecule has 7 heteroatoms. The smallest absolute Gasteiger partial charge is 0.340 e. The first-order chi connectivity index (χ1) is 10.5. The maximum absolute atomic E-state index is 11.9. The Balaban J connectivity index is 1.88. The molecule has 0 saturated carbocycles. The summed E-state index contributed by atoms with van der Waals surface area (Å²) in [5.74, 6) is -1.07. The summed E-state index contributed by atoms with van der Waals surface area (Å²) in [4.78, 5) is 24.7. The molecule has 0 fully saturated rings. The second-order valence-electron chi connectivity index (χ2n) is 4.50. The Hall–Kier alpha value is -1.56. The van der Waals surface area contributed by atoms with Crippen LogP contribution in [0.2, 0.25) is 10.0 Å². The Kier molecular flexibility index (Phi) is 5.83. The van der Waals surface area contributed by atoms with E-state index < -0.39 is 5.97 Å². The lowest BCUT2D eigenvalue weighted by Gasteiger charge is -2.12. The van der Waals surface area contributed by atoms with Crippen molar-refractivity contribution in [2.75, 3.05) is 6.61 Å². The predicted molar refractivity (Wildman–Crippen MR) is 87.6 cm³/mol. The lowest BCUT2D eigenvalue weighted by molar-refractivity contribution is -0.124. The Morgan fingerprint density at radius 1 is 1.32 bits per heavy atom. The van der Waals surface area contributed by atoms with Gasteiger partial charge in [-0.05, 0) is 36.6 Å². The summed E-state index contributed by atoms with van der Waals surface area (Å²) >= 11 is 13.2. The summed E-state index contributed by atoms with van der Waals surface area (Å²) in [6, 6.07) is 8.16. The van der Waals surface area contributed by atoms with Gasteiger partial charge in [0.1, 0.15) is 0 Å². The van der Waals surface area contributed by atoms with Gasteiger partial charge in [0.05, 0.1) is 16.6 Å². The Bertz CT molecular complexity index is 673. The Morgan fingerprint density at radius 3 is 2.77 bits per heavy atom. The third-order valence-corrected chi connectivity index (χ3v) is 4.45. The quantitative estimate of drug-likeness (QED) is 0.819. The van der Waals surface area contributed by atoms with Gasteiger partial charge in [-0.2, -0.15) is 0 Å². The molecule has 22 heavy (non-hydrogen) atoms. The average molecular weight is 358 g/mol. The van der Waals surface area contributed by atoms with E-state index in [0.717, 1.165) is 4.88 Å². The third kappa shape index (κ3) is 4.47. The van der Waals surface area contributed by atoms with Crippen LogP contribution in [0.5, 0.6) is 0 Å². The molecule has 1 aromatic heterocycles. The molecule has 0 unspecified atom stereocenters. The Morgan fingerprint density at radius 2 is 2.09 bits per heavy atom. The second-order valence-corrected chi connectivity index (χ2v) is 6.33. The molecule has 2 rings (SSSR count). The number of hydrogen-bond donors (Lipinski definition) is 1. The van der Waals surface area contributed by atoms with Crippen LogP contribution in [0.15, 0.2) is 35.7 Å². The number of hydrogen-bond acceptors (Lipinski definition) is 4. The number of benzene rings is 1. The molecule has 0 aliphatic rings. The standard InChI is InChI=1S/C15H13Cl2NO3S/c1-9(13-3-2-6-22-13)18-14(19)8-21-15(20)11-7-10(16)4-5-12(11)17/h2-7,9H,8H2,1H3,(H,18,19)/t9-/m1/s1. The number of ether oxygens (including phenoxy) is 1. The zero-order valence-electron chi connectivity index (χ0n) is 11.6. The zero-order valence-corrected chi connectivity index (χ0v) is 14.0. The van der Waals surface area contributed by atoms with Crippen molar-refractivity contribution < 1.29 is 14.3 Å². The molecule has 0 saturated heterocycles. The molecule has 0 radical (unpaired) electrons. The van der Waals surface area contributed by atoms with Crippen molar-refractivity contribution in [2.24, 2.45) is 0 Å². The molecule has 1 heterocycles. The fourth-order valence-electron chi connectivity index (χ4n) is 1.75. The maximum atomic E-state index is 11.9. The molecule has 1 amide bonds. The number of nitrogens with one attached hydrogen (secondary N) is 1. The van der Waals surface area contributed by atoms with Crippen LogP contribution in [0.1, 0.15) is 28.2 Å². The molecule has 0 aliphatic heterocycles. The number of carbonyl (C=O) groups excluding carboxylic acids is 2. The molecule has 0 spiro atoms. The lowest BCUT2D eigenvalue weighted by Crippen LogP contribution is -2.30. The molecule has 1 N–H and O–H groups in total. The molecular weight excluding hydrogens is 345 g/mol. The first-order valence-electron chi connectivity index (χ1n) is 6.42. The number of rotatable bonds is 5. The van der Waals surface area contributed by atoms with E-state index in [0.29, 0.717) is 5.02 Å². The van der Waals surface area contributed by atoms with Gasteiger partial charge in [-0.25, -0.2) is 4.79 Å². The highest BCUT2D eigenvalue weighted by atomic mass is 35.5. The minimum absolute atomic E-state index is 0.133. The van der Waals surface area contributed by atoms with Gasteiger partial charge >= 0.3 is 5.97 Å². The van der Waals surface area contributed by atoms with Crippen molar-refractivity contribution in [1.29, 1.82) is 0 Å². The summed E-state index contributed by atoms with van der Waals surface area (Å²) in [5, 5.41) is 5.27. The van der Waals surface area contributed by atoms with Gasteiger partial charge in [0.2, 0.25) is 0 Å². The van der Waals surface area contributed by atoms with Gasteiger partial charge in [-0.1, -0.05) is 29.3 Å². The van der Waals surface area contributed by atoms with Gasteiger partial charge in [-0.15, -0.1) is 11.3 Å². The first kappa shape index (κ1) is 16.8. The number of esters is 1. The molecule has 116 valence electrons. The van der Waals surface area contributed by atoms with E-state index in [4.69, 9.17) is 27.9 Å². The fraction of sp³-hybridized carbons (Fsp3) is 0.200. The molecule has 1 atom stereocenters. The van der Waals surface area contributed by atoms with Crippen LogP contribution in [0.25, 0.3) is 0 Å². The number of carbonyl (C=O) groups is 2. The van der Waals surface area contributed by atoms with Crippen molar-refractivity contribution in [3.05, 3.63) is 56.2 Å². The van der Waals surface area contributed by atoms with E-state index >= 15 is 0 Å². The molecule has 0 bridgehead atoms. The van der Waals surface area contributed by atoms with Crippen LogP contribution in [0.4, 0.5) is 0 Å². The highest BCUT2D eigenvalue weighted by molar-refractivity contribution is 7.10.